The Labute approximate surface area is 116 Å². The summed E-state index contributed by atoms with van der Waals surface area (Å²) in [5, 5.41) is 7.59. The van der Waals surface area contributed by atoms with Gasteiger partial charge in [0.05, 0.1) is 5.69 Å². The number of anilines is 1. The summed E-state index contributed by atoms with van der Waals surface area (Å²) < 4.78 is 13.3. The standard InChI is InChI=1S/C15H17FN4/c16-10-3-4-12-9(6-10)7-13-14(12)18-19-15(13)20-5-1-2-11(17)8-20/h3-4,6,11H,1-2,5,7-8,17H2,(H,18,19). The van der Waals surface area contributed by atoms with E-state index in [1.165, 1.54) is 11.6 Å². The third-order valence-electron chi connectivity index (χ3n) is 4.31. The summed E-state index contributed by atoms with van der Waals surface area (Å²) in [5.74, 6) is 0.815. The van der Waals surface area contributed by atoms with E-state index in [9.17, 15) is 4.39 Å². The molecule has 1 aromatic heterocycles. The van der Waals surface area contributed by atoms with Crippen LogP contribution in [0.1, 0.15) is 24.0 Å². The minimum atomic E-state index is -0.177. The molecule has 1 saturated heterocycles. The van der Waals surface area contributed by atoms with Crippen molar-refractivity contribution in [1.29, 1.82) is 0 Å². The molecule has 1 fully saturated rings. The van der Waals surface area contributed by atoms with E-state index in [1.54, 1.807) is 6.07 Å². The molecular formula is C15H17FN4. The first-order valence-corrected chi connectivity index (χ1v) is 7.09. The highest BCUT2D eigenvalue weighted by Gasteiger charge is 2.29. The van der Waals surface area contributed by atoms with Crippen molar-refractivity contribution >= 4 is 5.82 Å². The van der Waals surface area contributed by atoms with Crippen molar-refractivity contribution in [3.63, 3.8) is 0 Å². The molecule has 0 radical (unpaired) electrons. The maximum Gasteiger partial charge on any atom is 0.154 e. The van der Waals surface area contributed by atoms with E-state index in [0.29, 0.717) is 0 Å². The molecule has 1 aliphatic carbocycles. The molecule has 0 amide bonds. The number of nitrogens with zero attached hydrogens (tertiary/aromatic N) is 2. The molecule has 4 rings (SSSR count). The lowest BCUT2D eigenvalue weighted by Crippen LogP contribution is -2.43. The van der Waals surface area contributed by atoms with Crippen LogP contribution in [-0.4, -0.2) is 29.3 Å². The van der Waals surface area contributed by atoms with Gasteiger partial charge in [0.25, 0.3) is 0 Å². The van der Waals surface area contributed by atoms with E-state index in [-0.39, 0.29) is 11.9 Å². The molecule has 1 atom stereocenters. The zero-order chi connectivity index (χ0) is 13.7. The highest BCUT2D eigenvalue weighted by Crippen LogP contribution is 2.40. The van der Waals surface area contributed by atoms with E-state index in [0.717, 1.165) is 55.0 Å². The zero-order valence-corrected chi connectivity index (χ0v) is 11.2. The monoisotopic (exact) mass is 272 g/mol. The zero-order valence-electron chi connectivity index (χ0n) is 11.2. The Kier molecular flexibility index (Phi) is 2.57. The van der Waals surface area contributed by atoms with E-state index in [4.69, 9.17) is 5.73 Å². The third kappa shape index (κ3) is 1.73. The van der Waals surface area contributed by atoms with Crippen LogP contribution in [0.4, 0.5) is 10.2 Å². The van der Waals surface area contributed by atoms with Crippen molar-refractivity contribution in [2.75, 3.05) is 18.0 Å². The van der Waals surface area contributed by atoms with E-state index >= 15 is 0 Å². The van der Waals surface area contributed by atoms with Crippen molar-refractivity contribution in [1.82, 2.24) is 10.2 Å². The first kappa shape index (κ1) is 11.9. The molecule has 4 nitrogen and oxygen atoms in total. The number of nitrogens with two attached hydrogens (primary N) is 1. The highest BCUT2D eigenvalue weighted by molar-refractivity contribution is 5.78. The lowest BCUT2D eigenvalue weighted by atomic mass is 10.1. The van der Waals surface area contributed by atoms with Crippen LogP contribution >= 0.6 is 0 Å². The largest absolute Gasteiger partial charge is 0.353 e. The Hall–Kier alpha value is -1.88. The number of aromatic nitrogens is 2. The van der Waals surface area contributed by atoms with Crippen molar-refractivity contribution in [2.24, 2.45) is 5.73 Å². The van der Waals surface area contributed by atoms with Crippen molar-refractivity contribution in [2.45, 2.75) is 25.3 Å². The van der Waals surface area contributed by atoms with Gasteiger partial charge in [0.1, 0.15) is 5.82 Å². The Morgan fingerprint density at radius 3 is 3.15 bits per heavy atom. The fraction of sp³-hybridized carbons (Fsp3) is 0.400. The minimum Gasteiger partial charge on any atom is -0.353 e. The van der Waals surface area contributed by atoms with Crippen molar-refractivity contribution < 1.29 is 4.39 Å². The number of hydrogen-bond acceptors (Lipinski definition) is 3. The van der Waals surface area contributed by atoms with Crippen LogP contribution in [0, 0.1) is 5.82 Å². The van der Waals surface area contributed by atoms with Crippen LogP contribution in [-0.2, 0) is 6.42 Å². The lowest BCUT2D eigenvalue weighted by Gasteiger charge is -2.31. The fourth-order valence-corrected chi connectivity index (χ4v) is 3.35. The number of H-pyrrole nitrogens is 1. The van der Waals surface area contributed by atoms with Gasteiger partial charge in [0, 0.05) is 36.7 Å². The van der Waals surface area contributed by atoms with Crippen molar-refractivity contribution in [3.05, 3.63) is 35.1 Å². The number of rotatable bonds is 1. The third-order valence-corrected chi connectivity index (χ3v) is 4.31. The number of piperidine rings is 1. The predicted molar refractivity (Wildman–Crippen MR) is 76.2 cm³/mol. The first-order valence-electron chi connectivity index (χ1n) is 7.09. The summed E-state index contributed by atoms with van der Waals surface area (Å²) >= 11 is 0. The normalized spacial score (nSPS) is 20.9. The van der Waals surface area contributed by atoms with Crippen LogP contribution in [0.3, 0.4) is 0 Å². The van der Waals surface area contributed by atoms with Gasteiger partial charge in [0.2, 0.25) is 0 Å². The second-order valence-corrected chi connectivity index (χ2v) is 5.73. The molecule has 1 unspecified atom stereocenters. The van der Waals surface area contributed by atoms with E-state index in [1.807, 2.05) is 6.07 Å². The molecule has 2 heterocycles. The maximum absolute atomic E-state index is 13.3. The summed E-state index contributed by atoms with van der Waals surface area (Å²) in [7, 11) is 0. The molecule has 1 aliphatic heterocycles. The summed E-state index contributed by atoms with van der Waals surface area (Å²) in [4.78, 5) is 2.26. The van der Waals surface area contributed by atoms with Crippen LogP contribution in [0.5, 0.6) is 0 Å². The predicted octanol–water partition coefficient (Wildman–Crippen LogP) is 2.05. The minimum absolute atomic E-state index is 0.177. The highest BCUT2D eigenvalue weighted by atomic mass is 19.1. The summed E-state index contributed by atoms with van der Waals surface area (Å²) in [6, 6.07) is 5.18. The number of benzene rings is 1. The first-order chi connectivity index (χ1) is 9.72. The summed E-state index contributed by atoms with van der Waals surface area (Å²) in [5.41, 5.74) is 10.4. The van der Waals surface area contributed by atoms with Gasteiger partial charge in [-0.25, -0.2) is 4.39 Å². The van der Waals surface area contributed by atoms with Crippen LogP contribution in [0.2, 0.25) is 0 Å². The van der Waals surface area contributed by atoms with Gasteiger partial charge in [0.15, 0.2) is 5.82 Å². The van der Waals surface area contributed by atoms with Crippen LogP contribution in [0.15, 0.2) is 18.2 Å². The van der Waals surface area contributed by atoms with Gasteiger partial charge in [-0.3, -0.25) is 5.10 Å². The molecule has 2 aliphatic rings. The molecule has 3 N–H and O–H groups in total. The van der Waals surface area contributed by atoms with Crippen LogP contribution in [0.25, 0.3) is 11.3 Å². The molecule has 104 valence electrons. The topological polar surface area (TPSA) is 57.9 Å². The molecule has 20 heavy (non-hydrogen) atoms. The van der Waals surface area contributed by atoms with E-state index in [2.05, 4.69) is 15.1 Å². The SMILES string of the molecule is NC1CCCN(c2n[nH]c3c2Cc2cc(F)ccc2-3)C1. The van der Waals surface area contributed by atoms with Gasteiger partial charge in [-0.2, -0.15) is 5.10 Å². The summed E-state index contributed by atoms with van der Waals surface area (Å²) in [6.45, 7) is 1.84. The number of aromatic amines is 1. The van der Waals surface area contributed by atoms with Gasteiger partial charge < -0.3 is 10.6 Å². The second kappa shape index (κ2) is 4.31. The molecule has 1 aromatic carbocycles. The van der Waals surface area contributed by atoms with Gasteiger partial charge >= 0.3 is 0 Å². The fourth-order valence-electron chi connectivity index (χ4n) is 3.35. The smallest absolute Gasteiger partial charge is 0.154 e. The maximum atomic E-state index is 13.3. The van der Waals surface area contributed by atoms with Crippen LogP contribution < -0.4 is 10.6 Å². The van der Waals surface area contributed by atoms with E-state index < -0.39 is 0 Å². The Morgan fingerprint density at radius 2 is 2.30 bits per heavy atom. The Balaban J connectivity index is 1.72. The summed E-state index contributed by atoms with van der Waals surface area (Å²) in [6.07, 6.45) is 2.93. The molecule has 0 saturated carbocycles. The average Bonchev–Trinajstić information content (AvgIpc) is 2.96. The number of fused-ring (bicyclic) bond motifs is 3. The molecule has 0 bridgehead atoms. The quantitative estimate of drug-likeness (QED) is 0.713. The lowest BCUT2D eigenvalue weighted by molar-refractivity contribution is 0.502. The van der Waals surface area contributed by atoms with Gasteiger partial charge in [-0.1, -0.05) is 0 Å². The number of nitrogens with one attached hydrogen (secondary N) is 1. The Morgan fingerprint density at radius 1 is 1.40 bits per heavy atom. The number of halogens is 1. The Bertz CT molecular complexity index is 664. The molecule has 2 aromatic rings. The van der Waals surface area contributed by atoms with Crippen molar-refractivity contribution in [3.8, 4) is 11.3 Å². The second-order valence-electron chi connectivity index (χ2n) is 5.73. The molecule has 5 heteroatoms. The van der Waals surface area contributed by atoms with Gasteiger partial charge in [-0.05, 0) is 36.6 Å². The van der Waals surface area contributed by atoms with Gasteiger partial charge in [-0.15, -0.1) is 0 Å². The molecular weight excluding hydrogens is 255 g/mol. The number of hydrogen-bond donors (Lipinski definition) is 2. The average molecular weight is 272 g/mol. The molecule has 0 spiro atoms.